The highest BCUT2D eigenvalue weighted by Crippen LogP contribution is 2.58. The zero-order valence-corrected chi connectivity index (χ0v) is 11.4. The van der Waals surface area contributed by atoms with E-state index in [9.17, 15) is 5.11 Å². The third-order valence-electron chi connectivity index (χ3n) is 2.98. The lowest BCUT2D eigenvalue weighted by Gasteiger charge is -2.15. The lowest BCUT2D eigenvalue weighted by molar-refractivity contribution is 0.467. The van der Waals surface area contributed by atoms with Crippen molar-refractivity contribution in [1.82, 2.24) is 0 Å². The van der Waals surface area contributed by atoms with Gasteiger partial charge < -0.3 is 5.11 Å². The van der Waals surface area contributed by atoms with Gasteiger partial charge >= 0.3 is 0 Å². The second-order valence-corrected chi connectivity index (χ2v) is 6.21. The molecule has 1 aliphatic heterocycles. The Morgan fingerprint density at radius 3 is 2.29 bits per heavy atom. The molecule has 2 atom stereocenters. The molecular formula is C14H11BrOS. The van der Waals surface area contributed by atoms with Crippen LogP contribution in [0, 0.1) is 0 Å². The predicted molar refractivity (Wildman–Crippen MR) is 74.8 cm³/mol. The molecular weight excluding hydrogens is 296 g/mol. The molecule has 0 bridgehead atoms. The van der Waals surface area contributed by atoms with Gasteiger partial charge in [-0.3, -0.25) is 0 Å². The van der Waals surface area contributed by atoms with Crippen molar-refractivity contribution < 1.29 is 5.11 Å². The molecule has 3 rings (SSSR count). The number of alkyl halides is 1. The molecule has 0 saturated carbocycles. The van der Waals surface area contributed by atoms with Crippen LogP contribution >= 0.6 is 27.7 Å². The van der Waals surface area contributed by atoms with Crippen LogP contribution < -0.4 is 0 Å². The number of benzene rings is 2. The summed E-state index contributed by atoms with van der Waals surface area (Å²) in [6.07, 6.45) is 0. The first kappa shape index (κ1) is 11.2. The Balaban J connectivity index is 2.02. The summed E-state index contributed by atoms with van der Waals surface area (Å²) in [5, 5.41) is 10.2. The average Bonchev–Trinajstić information content (AvgIpc) is 2.68. The molecule has 0 radical (unpaired) electrons. The lowest BCUT2D eigenvalue weighted by atomic mass is 10.0. The monoisotopic (exact) mass is 306 g/mol. The molecule has 1 N–H and O–H groups in total. The minimum absolute atomic E-state index is 0.244. The second-order valence-electron chi connectivity index (χ2n) is 4.04. The highest BCUT2D eigenvalue weighted by molar-refractivity contribution is 9.09. The number of thioether (sulfide) groups is 1. The van der Waals surface area contributed by atoms with Crippen LogP contribution in [-0.4, -0.2) is 5.11 Å². The van der Waals surface area contributed by atoms with E-state index in [1.54, 1.807) is 17.8 Å². The van der Waals surface area contributed by atoms with E-state index in [0.29, 0.717) is 5.75 Å². The number of phenols is 1. The van der Waals surface area contributed by atoms with Crippen molar-refractivity contribution in [3.05, 3.63) is 59.7 Å². The highest BCUT2D eigenvalue weighted by Gasteiger charge is 2.33. The van der Waals surface area contributed by atoms with Crippen LogP contribution in [0.2, 0.25) is 0 Å². The number of hydrogen-bond acceptors (Lipinski definition) is 2. The largest absolute Gasteiger partial charge is 0.508 e. The Kier molecular flexibility index (Phi) is 2.89. The number of para-hydroxylation sites is 1. The molecule has 17 heavy (non-hydrogen) atoms. The third kappa shape index (κ3) is 1.87. The molecule has 2 aromatic carbocycles. The van der Waals surface area contributed by atoms with Crippen LogP contribution in [-0.2, 0) is 0 Å². The first-order chi connectivity index (χ1) is 8.27. The smallest absolute Gasteiger partial charge is 0.119 e. The number of aromatic hydroxyl groups is 1. The average molecular weight is 307 g/mol. The molecule has 0 fully saturated rings. The van der Waals surface area contributed by atoms with E-state index in [-0.39, 0.29) is 10.1 Å². The van der Waals surface area contributed by atoms with Crippen LogP contribution in [0.25, 0.3) is 0 Å². The van der Waals surface area contributed by atoms with Gasteiger partial charge in [0.1, 0.15) is 5.75 Å². The van der Waals surface area contributed by atoms with Gasteiger partial charge in [0.05, 0.1) is 10.1 Å². The lowest BCUT2D eigenvalue weighted by Crippen LogP contribution is -1.96. The van der Waals surface area contributed by atoms with Gasteiger partial charge in [-0.2, -0.15) is 0 Å². The van der Waals surface area contributed by atoms with Crippen molar-refractivity contribution in [1.29, 1.82) is 0 Å². The molecule has 1 nitrogen and oxygen atoms in total. The van der Waals surface area contributed by atoms with E-state index >= 15 is 0 Å². The molecule has 0 aliphatic carbocycles. The van der Waals surface area contributed by atoms with Crippen LogP contribution in [0.5, 0.6) is 5.75 Å². The van der Waals surface area contributed by atoms with Gasteiger partial charge in [-0.05, 0) is 17.7 Å². The molecule has 2 aromatic rings. The fourth-order valence-corrected chi connectivity index (χ4v) is 4.64. The van der Waals surface area contributed by atoms with E-state index in [0.717, 1.165) is 5.56 Å². The predicted octanol–water partition coefficient (Wildman–Crippen LogP) is 4.68. The number of halogens is 1. The Morgan fingerprint density at radius 1 is 0.941 bits per heavy atom. The van der Waals surface area contributed by atoms with E-state index in [1.165, 1.54) is 10.5 Å². The fraction of sp³-hybridized carbons (Fsp3) is 0.143. The fourth-order valence-electron chi connectivity index (χ4n) is 2.12. The maximum Gasteiger partial charge on any atom is 0.119 e. The van der Waals surface area contributed by atoms with Gasteiger partial charge in [-0.25, -0.2) is 0 Å². The number of rotatable bonds is 1. The first-order valence-corrected chi connectivity index (χ1v) is 7.24. The van der Waals surface area contributed by atoms with Gasteiger partial charge in [0, 0.05) is 10.5 Å². The molecule has 1 heterocycles. The van der Waals surface area contributed by atoms with Gasteiger partial charge in [0.15, 0.2) is 0 Å². The molecule has 0 aromatic heterocycles. The van der Waals surface area contributed by atoms with Crippen molar-refractivity contribution in [2.24, 2.45) is 0 Å². The van der Waals surface area contributed by atoms with Crippen molar-refractivity contribution in [3.63, 3.8) is 0 Å². The van der Waals surface area contributed by atoms with Crippen LogP contribution in [0.3, 0.4) is 0 Å². The SMILES string of the molecule is Oc1ccccc1C1Sc2ccccc2C1Br. The molecule has 2 unspecified atom stereocenters. The highest BCUT2D eigenvalue weighted by atomic mass is 79.9. The normalized spacial score (nSPS) is 22.4. The molecule has 3 heteroatoms. The number of phenolic OH excluding ortho intramolecular Hbond substituents is 1. The summed E-state index contributed by atoms with van der Waals surface area (Å²) in [4.78, 5) is 1.56. The summed E-state index contributed by atoms with van der Waals surface area (Å²) in [5.74, 6) is 0.377. The standard InChI is InChI=1S/C14H11BrOS/c15-13-10-6-2-4-8-12(10)17-14(13)9-5-1-3-7-11(9)16/h1-8,13-14,16H. The molecule has 0 spiro atoms. The van der Waals surface area contributed by atoms with Crippen LogP contribution in [0.15, 0.2) is 53.4 Å². The molecule has 0 amide bonds. The van der Waals surface area contributed by atoms with E-state index in [4.69, 9.17) is 0 Å². The van der Waals surface area contributed by atoms with Crippen LogP contribution in [0.4, 0.5) is 0 Å². The van der Waals surface area contributed by atoms with Crippen LogP contribution in [0.1, 0.15) is 21.2 Å². The summed E-state index contributed by atoms with van der Waals surface area (Å²) < 4.78 is 0. The number of fused-ring (bicyclic) bond motifs is 1. The Hall–Kier alpha value is -0.930. The summed E-state index contributed by atoms with van der Waals surface area (Å²) >= 11 is 5.55. The van der Waals surface area contributed by atoms with Crippen molar-refractivity contribution in [3.8, 4) is 5.75 Å². The molecule has 1 aliphatic rings. The van der Waals surface area contributed by atoms with E-state index < -0.39 is 0 Å². The molecule has 86 valence electrons. The van der Waals surface area contributed by atoms with Crippen molar-refractivity contribution in [2.75, 3.05) is 0 Å². The summed E-state index contributed by atoms with van der Waals surface area (Å²) in [6, 6.07) is 16.0. The first-order valence-electron chi connectivity index (χ1n) is 5.45. The minimum Gasteiger partial charge on any atom is -0.508 e. The Labute approximate surface area is 113 Å². The van der Waals surface area contributed by atoms with Crippen molar-refractivity contribution >= 4 is 27.7 Å². The van der Waals surface area contributed by atoms with Gasteiger partial charge in [0.25, 0.3) is 0 Å². The Morgan fingerprint density at radius 2 is 1.59 bits per heavy atom. The summed E-state index contributed by atoms with van der Waals surface area (Å²) in [7, 11) is 0. The van der Waals surface area contributed by atoms with E-state index in [1.807, 2.05) is 18.2 Å². The maximum absolute atomic E-state index is 9.93. The zero-order chi connectivity index (χ0) is 11.8. The molecule has 0 saturated heterocycles. The minimum atomic E-state index is 0.244. The topological polar surface area (TPSA) is 20.2 Å². The van der Waals surface area contributed by atoms with Gasteiger partial charge in [0.2, 0.25) is 0 Å². The quantitative estimate of drug-likeness (QED) is 0.772. The third-order valence-corrected chi connectivity index (χ3v) is 5.76. The van der Waals surface area contributed by atoms with E-state index in [2.05, 4.69) is 40.2 Å². The maximum atomic E-state index is 9.93. The second kappa shape index (κ2) is 4.39. The Bertz CT molecular complexity index is 555. The van der Waals surface area contributed by atoms with Gasteiger partial charge in [-0.1, -0.05) is 52.3 Å². The number of hydrogen-bond donors (Lipinski definition) is 1. The summed E-state index contributed by atoms with van der Waals surface area (Å²) in [6.45, 7) is 0. The zero-order valence-electron chi connectivity index (χ0n) is 9.01. The van der Waals surface area contributed by atoms with Gasteiger partial charge in [-0.15, -0.1) is 11.8 Å². The summed E-state index contributed by atoms with van der Waals surface area (Å²) in [5.41, 5.74) is 2.31. The van der Waals surface area contributed by atoms with Crippen molar-refractivity contribution in [2.45, 2.75) is 15.0 Å².